The van der Waals surface area contributed by atoms with Gasteiger partial charge in [0.15, 0.2) is 0 Å². The topological polar surface area (TPSA) is 92.8 Å². The summed E-state index contributed by atoms with van der Waals surface area (Å²) in [6, 6.07) is 6.38. The van der Waals surface area contributed by atoms with E-state index < -0.39 is 12.2 Å². The molecule has 2 aromatic rings. The van der Waals surface area contributed by atoms with E-state index in [0.29, 0.717) is 32.5 Å². The third kappa shape index (κ3) is 5.92. The predicted octanol–water partition coefficient (Wildman–Crippen LogP) is 3.28. The zero-order chi connectivity index (χ0) is 24.1. The number of hydrogen-bond donors (Lipinski definition) is 2. The number of carbonyl (C=O) groups is 2. The van der Waals surface area contributed by atoms with Crippen LogP contribution < -0.4 is 10.6 Å². The molecule has 1 aliphatic heterocycles. The number of amides is 2. The summed E-state index contributed by atoms with van der Waals surface area (Å²) in [5.41, 5.74) is 1.77. The van der Waals surface area contributed by atoms with Gasteiger partial charge < -0.3 is 25.0 Å². The highest BCUT2D eigenvalue weighted by molar-refractivity contribution is 7.15. The third-order valence-corrected chi connectivity index (χ3v) is 7.35. The van der Waals surface area contributed by atoms with Gasteiger partial charge in [-0.15, -0.1) is 11.3 Å². The van der Waals surface area contributed by atoms with E-state index in [-0.39, 0.29) is 23.8 Å². The van der Waals surface area contributed by atoms with Gasteiger partial charge in [0.25, 0.3) is 5.91 Å². The summed E-state index contributed by atoms with van der Waals surface area (Å²) in [6.07, 6.45) is 2.33. The summed E-state index contributed by atoms with van der Waals surface area (Å²) in [4.78, 5) is 32.5. The van der Waals surface area contributed by atoms with Gasteiger partial charge in [0.1, 0.15) is 16.9 Å². The van der Waals surface area contributed by atoms with Gasteiger partial charge in [-0.2, -0.15) is 0 Å². The summed E-state index contributed by atoms with van der Waals surface area (Å²) in [6.45, 7) is 4.27. The first-order valence-electron chi connectivity index (χ1n) is 11.7. The lowest BCUT2D eigenvalue weighted by atomic mass is 10.1. The number of halogens is 1. The first-order valence-corrected chi connectivity index (χ1v) is 12.5. The SMILES string of the molecule is COC(=O)NCCCc1nc([C@H](C)N(C(=O)[C@H]2CNCCO2)C2CC2)sc1-c1ccc(F)cc1. The van der Waals surface area contributed by atoms with Crippen molar-refractivity contribution in [3.05, 3.63) is 40.8 Å². The molecule has 8 nitrogen and oxygen atoms in total. The summed E-state index contributed by atoms with van der Waals surface area (Å²) in [5, 5.41) is 6.76. The Balaban J connectivity index is 1.56. The fourth-order valence-corrected chi connectivity index (χ4v) is 5.28. The zero-order valence-electron chi connectivity index (χ0n) is 19.5. The van der Waals surface area contributed by atoms with Crippen LogP contribution in [0.5, 0.6) is 0 Å². The molecule has 2 aliphatic rings. The maximum Gasteiger partial charge on any atom is 0.406 e. The number of carbonyl (C=O) groups excluding carboxylic acids is 2. The van der Waals surface area contributed by atoms with Crippen molar-refractivity contribution >= 4 is 23.3 Å². The zero-order valence-corrected chi connectivity index (χ0v) is 20.3. The lowest BCUT2D eigenvalue weighted by Crippen LogP contribution is -2.50. The van der Waals surface area contributed by atoms with Gasteiger partial charge in [-0.3, -0.25) is 4.79 Å². The number of rotatable bonds is 9. The molecule has 1 aromatic carbocycles. The van der Waals surface area contributed by atoms with Crippen LogP contribution in [-0.2, 0) is 20.7 Å². The average molecular weight is 491 g/mol. The van der Waals surface area contributed by atoms with Crippen molar-refractivity contribution in [1.29, 1.82) is 0 Å². The van der Waals surface area contributed by atoms with Gasteiger partial charge in [0.05, 0.1) is 30.3 Å². The summed E-state index contributed by atoms with van der Waals surface area (Å²) in [5.74, 6) is -0.290. The molecule has 2 N–H and O–H groups in total. The number of benzene rings is 1. The van der Waals surface area contributed by atoms with Crippen LogP contribution in [0.3, 0.4) is 0 Å². The van der Waals surface area contributed by atoms with Crippen LogP contribution >= 0.6 is 11.3 Å². The molecule has 1 saturated heterocycles. The molecule has 1 aromatic heterocycles. The first kappa shape index (κ1) is 24.6. The Kier molecular flexibility index (Phi) is 8.12. The Morgan fingerprint density at radius 3 is 2.76 bits per heavy atom. The highest BCUT2D eigenvalue weighted by Gasteiger charge is 2.41. The Bertz CT molecular complexity index is 989. The molecule has 1 saturated carbocycles. The largest absolute Gasteiger partial charge is 0.453 e. The molecule has 2 amide bonds. The highest BCUT2D eigenvalue weighted by atomic mass is 32.1. The van der Waals surface area contributed by atoms with Crippen molar-refractivity contribution in [2.75, 3.05) is 33.4 Å². The number of thiazole rings is 1. The second kappa shape index (κ2) is 11.2. The maximum atomic E-state index is 13.5. The molecular weight excluding hydrogens is 459 g/mol. The first-order chi connectivity index (χ1) is 16.5. The summed E-state index contributed by atoms with van der Waals surface area (Å²) < 4.78 is 23.9. The van der Waals surface area contributed by atoms with Gasteiger partial charge in [-0.25, -0.2) is 14.2 Å². The van der Waals surface area contributed by atoms with Crippen LogP contribution in [0.15, 0.2) is 24.3 Å². The normalized spacial score (nSPS) is 18.9. The van der Waals surface area contributed by atoms with E-state index in [0.717, 1.165) is 40.5 Å². The van der Waals surface area contributed by atoms with E-state index in [1.807, 2.05) is 11.8 Å². The van der Waals surface area contributed by atoms with Crippen LogP contribution in [0.1, 0.15) is 42.9 Å². The molecule has 0 bridgehead atoms. The van der Waals surface area contributed by atoms with E-state index in [9.17, 15) is 14.0 Å². The lowest BCUT2D eigenvalue weighted by Gasteiger charge is -2.33. The minimum Gasteiger partial charge on any atom is -0.453 e. The minimum absolute atomic E-state index is 0.00422. The summed E-state index contributed by atoms with van der Waals surface area (Å²) in [7, 11) is 1.33. The molecule has 0 radical (unpaired) electrons. The van der Waals surface area contributed by atoms with Crippen LogP contribution in [0.2, 0.25) is 0 Å². The fourth-order valence-electron chi connectivity index (χ4n) is 4.11. The van der Waals surface area contributed by atoms with Crippen molar-refractivity contribution in [3.63, 3.8) is 0 Å². The third-order valence-electron chi connectivity index (χ3n) is 6.04. The van der Waals surface area contributed by atoms with Crippen LogP contribution in [0, 0.1) is 5.82 Å². The van der Waals surface area contributed by atoms with E-state index in [2.05, 4.69) is 15.4 Å². The molecule has 2 fully saturated rings. The number of ether oxygens (including phenoxy) is 2. The second-order valence-electron chi connectivity index (χ2n) is 8.57. The Labute approximate surface area is 202 Å². The van der Waals surface area contributed by atoms with Gasteiger partial charge in [0, 0.05) is 25.7 Å². The van der Waals surface area contributed by atoms with E-state index in [1.165, 1.54) is 30.6 Å². The quantitative estimate of drug-likeness (QED) is 0.524. The second-order valence-corrected chi connectivity index (χ2v) is 9.60. The molecule has 34 heavy (non-hydrogen) atoms. The smallest absolute Gasteiger partial charge is 0.406 e. The minimum atomic E-state index is -0.475. The number of aromatic nitrogens is 1. The van der Waals surface area contributed by atoms with Crippen LogP contribution in [0.4, 0.5) is 9.18 Å². The Morgan fingerprint density at radius 1 is 1.35 bits per heavy atom. The van der Waals surface area contributed by atoms with Crippen molar-refractivity contribution in [2.45, 2.75) is 50.8 Å². The van der Waals surface area contributed by atoms with Gasteiger partial charge in [-0.05, 0) is 50.3 Å². The lowest BCUT2D eigenvalue weighted by molar-refractivity contribution is -0.148. The molecular formula is C24H31FN4O4S. The molecule has 4 rings (SSSR count). The van der Waals surface area contributed by atoms with Gasteiger partial charge >= 0.3 is 6.09 Å². The molecule has 2 atom stereocenters. The monoisotopic (exact) mass is 490 g/mol. The van der Waals surface area contributed by atoms with E-state index in [4.69, 9.17) is 9.72 Å². The number of hydrogen-bond acceptors (Lipinski definition) is 7. The number of alkyl carbamates (subject to hydrolysis) is 1. The maximum absolute atomic E-state index is 13.5. The molecule has 1 aliphatic carbocycles. The fraction of sp³-hybridized carbons (Fsp3) is 0.542. The predicted molar refractivity (Wildman–Crippen MR) is 127 cm³/mol. The van der Waals surface area contributed by atoms with E-state index in [1.54, 1.807) is 12.1 Å². The number of nitrogens with zero attached hydrogens (tertiary/aromatic N) is 2. The van der Waals surface area contributed by atoms with Crippen LogP contribution in [0.25, 0.3) is 10.4 Å². The number of aryl methyl sites for hydroxylation is 1. The standard InChI is InChI=1S/C24H31FN4O4S/c1-15(29(18-9-10-18)23(30)20-14-26-12-13-33-20)22-28-19(4-3-11-27-24(31)32-2)21(34-22)16-5-7-17(25)8-6-16/h5-8,15,18,20,26H,3-4,9-14H2,1-2H3,(H,27,31)/t15-,20+/m0/s1. The summed E-state index contributed by atoms with van der Waals surface area (Å²) >= 11 is 1.54. The number of nitrogens with one attached hydrogen (secondary N) is 2. The van der Waals surface area contributed by atoms with Crippen molar-refractivity contribution < 1.29 is 23.5 Å². The van der Waals surface area contributed by atoms with Crippen LogP contribution in [-0.4, -0.2) is 67.4 Å². The highest BCUT2D eigenvalue weighted by Crippen LogP contribution is 2.40. The molecule has 2 heterocycles. The van der Waals surface area contributed by atoms with Crippen molar-refractivity contribution in [1.82, 2.24) is 20.5 Å². The molecule has 0 spiro atoms. The van der Waals surface area contributed by atoms with Gasteiger partial charge in [-0.1, -0.05) is 12.1 Å². The number of morpholine rings is 1. The average Bonchev–Trinajstić information content (AvgIpc) is 3.60. The van der Waals surface area contributed by atoms with Gasteiger partial charge in [0.2, 0.25) is 0 Å². The molecule has 10 heteroatoms. The molecule has 184 valence electrons. The Morgan fingerprint density at radius 2 is 2.12 bits per heavy atom. The van der Waals surface area contributed by atoms with E-state index >= 15 is 0 Å². The Hall–Kier alpha value is -2.56. The number of methoxy groups -OCH3 is 1. The molecule has 0 unspecified atom stereocenters. The van der Waals surface area contributed by atoms with Crippen molar-refractivity contribution in [3.8, 4) is 10.4 Å². The van der Waals surface area contributed by atoms with Crippen molar-refractivity contribution in [2.24, 2.45) is 0 Å².